The highest BCUT2D eigenvalue weighted by Gasteiger charge is 2.37. The number of nitriles is 1. The molecule has 132 valence electrons. The van der Waals surface area contributed by atoms with Crippen molar-refractivity contribution in [3.63, 3.8) is 0 Å². The van der Waals surface area contributed by atoms with Crippen LogP contribution in [-0.2, 0) is 6.54 Å². The van der Waals surface area contributed by atoms with E-state index in [1.54, 1.807) is 12.4 Å². The minimum absolute atomic E-state index is 0.249. The number of nitrogens with zero attached hydrogens (tertiary/aromatic N) is 6. The largest absolute Gasteiger partial charge is 0.314 e. The second kappa shape index (κ2) is 6.50. The van der Waals surface area contributed by atoms with Gasteiger partial charge in [0.15, 0.2) is 0 Å². The zero-order chi connectivity index (χ0) is 18.1. The number of nitrogens with one attached hydrogen (secondary N) is 1. The molecule has 3 aromatic heterocycles. The van der Waals surface area contributed by atoms with Gasteiger partial charge in [-0.05, 0) is 49.9 Å². The lowest BCUT2D eigenvalue weighted by Gasteiger charge is -2.34. The van der Waals surface area contributed by atoms with Gasteiger partial charge < -0.3 is 5.32 Å². The van der Waals surface area contributed by atoms with E-state index < -0.39 is 0 Å². The van der Waals surface area contributed by atoms with E-state index in [-0.39, 0.29) is 5.41 Å². The summed E-state index contributed by atoms with van der Waals surface area (Å²) >= 11 is 1.38. The van der Waals surface area contributed by atoms with Crippen LogP contribution in [0.1, 0.15) is 30.5 Å². The van der Waals surface area contributed by atoms with E-state index >= 15 is 0 Å². The third-order valence-corrected chi connectivity index (χ3v) is 5.55. The standard InChI is InChI=1S/C18H19N7S/c1-12-7-20-17(22-15-6-13(2)24-26-15)23-16(12)14-8-21-25(9-14)11-18(10-19)4-3-5-18/h6-9H,3-5,11H2,1-2H3,(H,20,22,23). The first-order valence-electron chi connectivity index (χ1n) is 8.55. The summed E-state index contributed by atoms with van der Waals surface area (Å²) in [7, 11) is 0. The highest BCUT2D eigenvalue weighted by atomic mass is 32.1. The Morgan fingerprint density at radius 2 is 2.19 bits per heavy atom. The first-order valence-corrected chi connectivity index (χ1v) is 9.32. The van der Waals surface area contributed by atoms with Gasteiger partial charge in [-0.2, -0.15) is 14.7 Å². The molecule has 1 saturated carbocycles. The van der Waals surface area contributed by atoms with Crippen molar-refractivity contribution in [3.05, 3.63) is 35.9 Å². The summed E-state index contributed by atoms with van der Waals surface area (Å²) in [5, 5.41) is 18.0. The lowest BCUT2D eigenvalue weighted by Crippen LogP contribution is -2.32. The first-order chi connectivity index (χ1) is 12.6. The summed E-state index contributed by atoms with van der Waals surface area (Å²) in [5.41, 5.74) is 3.47. The van der Waals surface area contributed by atoms with Crippen LogP contribution in [0.3, 0.4) is 0 Å². The molecular formula is C18H19N7S. The summed E-state index contributed by atoms with van der Waals surface area (Å²) < 4.78 is 6.11. The molecule has 0 unspecified atom stereocenters. The van der Waals surface area contributed by atoms with E-state index in [1.165, 1.54) is 11.5 Å². The Balaban J connectivity index is 1.57. The first kappa shape index (κ1) is 16.7. The van der Waals surface area contributed by atoms with Crippen molar-refractivity contribution in [2.45, 2.75) is 39.7 Å². The zero-order valence-electron chi connectivity index (χ0n) is 14.7. The van der Waals surface area contributed by atoms with Crippen molar-refractivity contribution in [1.29, 1.82) is 5.26 Å². The number of anilines is 2. The Bertz CT molecular complexity index is 978. The van der Waals surface area contributed by atoms with Crippen molar-refractivity contribution in [1.82, 2.24) is 24.1 Å². The van der Waals surface area contributed by atoms with Gasteiger partial charge in [-0.15, -0.1) is 0 Å². The zero-order valence-corrected chi connectivity index (χ0v) is 15.5. The second-order valence-electron chi connectivity index (χ2n) is 6.86. The molecular weight excluding hydrogens is 346 g/mol. The van der Waals surface area contributed by atoms with Crippen LogP contribution >= 0.6 is 11.5 Å². The number of hydrogen-bond donors (Lipinski definition) is 1. The van der Waals surface area contributed by atoms with Gasteiger partial charge in [0.1, 0.15) is 5.00 Å². The van der Waals surface area contributed by atoms with E-state index in [2.05, 4.69) is 30.8 Å². The molecule has 0 spiro atoms. The van der Waals surface area contributed by atoms with E-state index in [0.29, 0.717) is 12.5 Å². The average molecular weight is 365 g/mol. The maximum atomic E-state index is 9.42. The summed E-state index contributed by atoms with van der Waals surface area (Å²) in [4.78, 5) is 9.01. The fourth-order valence-corrected chi connectivity index (χ4v) is 3.77. The molecule has 1 fully saturated rings. The van der Waals surface area contributed by atoms with E-state index in [4.69, 9.17) is 0 Å². The Kier molecular flexibility index (Phi) is 4.17. The van der Waals surface area contributed by atoms with Gasteiger partial charge in [-0.3, -0.25) is 4.68 Å². The summed E-state index contributed by atoms with van der Waals surface area (Å²) in [6, 6.07) is 4.42. The number of rotatable bonds is 5. The Hall–Kier alpha value is -2.79. The van der Waals surface area contributed by atoms with Crippen LogP contribution in [0.2, 0.25) is 0 Å². The highest BCUT2D eigenvalue weighted by molar-refractivity contribution is 7.10. The SMILES string of the molecule is Cc1cc(Nc2ncc(C)c(-c3cnn(CC4(C#N)CCC4)c3)n2)sn1. The molecule has 0 aliphatic heterocycles. The Morgan fingerprint density at radius 3 is 2.85 bits per heavy atom. The van der Waals surface area contributed by atoms with Crippen LogP contribution in [0.25, 0.3) is 11.3 Å². The lowest BCUT2D eigenvalue weighted by atomic mass is 9.70. The molecule has 26 heavy (non-hydrogen) atoms. The topological polar surface area (TPSA) is 92.3 Å². The van der Waals surface area contributed by atoms with Gasteiger partial charge >= 0.3 is 0 Å². The van der Waals surface area contributed by atoms with Crippen molar-refractivity contribution in [3.8, 4) is 17.3 Å². The molecule has 4 rings (SSSR count). The molecule has 0 saturated heterocycles. The predicted octanol–water partition coefficient (Wildman–Crippen LogP) is 3.85. The highest BCUT2D eigenvalue weighted by Crippen LogP contribution is 2.41. The van der Waals surface area contributed by atoms with Gasteiger partial charge in [0.05, 0.1) is 35.6 Å². The number of aromatic nitrogens is 5. The van der Waals surface area contributed by atoms with E-state index in [0.717, 1.165) is 46.8 Å². The molecule has 1 aliphatic rings. The molecule has 1 aliphatic carbocycles. The van der Waals surface area contributed by atoms with Crippen molar-refractivity contribution >= 4 is 22.5 Å². The van der Waals surface area contributed by atoms with Crippen LogP contribution in [0.4, 0.5) is 10.9 Å². The summed E-state index contributed by atoms with van der Waals surface area (Å²) in [6.07, 6.45) is 8.60. The Labute approximate surface area is 155 Å². The average Bonchev–Trinajstić information content (AvgIpc) is 3.22. The monoisotopic (exact) mass is 365 g/mol. The third kappa shape index (κ3) is 3.18. The third-order valence-electron chi connectivity index (χ3n) is 4.75. The van der Waals surface area contributed by atoms with E-state index in [9.17, 15) is 5.26 Å². The minimum Gasteiger partial charge on any atom is -0.314 e. The quantitative estimate of drug-likeness (QED) is 0.738. The Morgan fingerprint density at radius 1 is 1.35 bits per heavy atom. The predicted molar refractivity (Wildman–Crippen MR) is 100 cm³/mol. The van der Waals surface area contributed by atoms with Gasteiger partial charge in [-0.25, -0.2) is 9.97 Å². The number of aryl methyl sites for hydroxylation is 2. The minimum atomic E-state index is -0.249. The maximum Gasteiger partial charge on any atom is 0.228 e. The van der Waals surface area contributed by atoms with E-state index in [1.807, 2.05) is 30.8 Å². The van der Waals surface area contributed by atoms with Gasteiger partial charge in [0.2, 0.25) is 5.95 Å². The van der Waals surface area contributed by atoms with Gasteiger partial charge in [-0.1, -0.05) is 6.42 Å². The van der Waals surface area contributed by atoms with Gasteiger partial charge in [0, 0.05) is 18.0 Å². The molecule has 3 heterocycles. The lowest BCUT2D eigenvalue weighted by molar-refractivity contribution is 0.174. The molecule has 3 aromatic rings. The summed E-state index contributed by atoms with van der Waals surface area (Å²) in [6.45, 7) is 4.57. The molecule has 0 bridgehead atoms. The fraction of sp³-hybridized carbons (Fsp3) is 0.389. The smallest absolute Gasteiger partial charge is 0.228 e. The second-order valence-corrected chi connectivity index (χ2v) is 7.66. The molecule has 8 heteroatoms. The van der Waals surface area contributed by atoms with Gasteiger partial charge in [0.25, 0.3) is 0 Å². The fourth-order valence-electron chi connectivity index (χ4n) is 3.12. The van der Waals surface area contributed by atoms with Crippen molar-refractivity contribution in [2.24, 2.45) is 5.41 Å². The molecule has 0 aromatic carbocycles. The van der Waals surface area contributed by atoms with Crippen LogP contribution in [-0.4, -0.2) is 24.1 Å². The number of hydrogen-bond acceptors (Lipinski definition) is 7. The molecule has 0 radical (unpaired) electrons. The van der Waals surface area contributed by atoms with Crippen molar-refractivity contribution in [2.75, 3.05) is 5.32 Å². The molecule has 7 nitrogen and oxygen atoms in total. The van der Waals surface area contributed by atoms with Crippen LogP contribution < -0.4 is 5.32 Å². The molecule has 0 atom stereocenters. The van der Waals surface area contributed by atoms with Crippen LogP contribution in [0.15, 0.2) is 24.7 Å². The maximum absolute atomic E-state index is 9.42. The van der Waals surface area contributed by atoms with Crippen molar-refractivity contribution < 1.29 is 0 Å². The molecule has 1 N–H and O–H groups in total. The summed E-state index contributed by atoms with van der Waals surface area (Å²) in [5.74, 6) is 0.537. The molecule has 0 amide bonds. The normalized spacial score (nSPS) is 15.3. The van der Waals surface area contributed by atoms with Crippen LogP contribution in [0.5, 0.6) is 0 Å². The van der Waals surface area contributed by atoms with Crippen LogP contribution in [0, 0.1) is 30.6 Å².